The molecule has 2 saturated heterocycles. The van der Waals surface area contributed by atoms with Gasteiger partial charge in [0, 0.05) is 44.5 Å². The van der Waals surface area contributed by atoms with Crippen LogP contribution in [0, 0.1) is 17.5 Å². The number of alkyl halides is 4. The maximum Gasteiger partial charge on any atom is 0.434 e. The van der Waals surface area contributed by atoms with E-state index in [4.69, 9.17) is 10.5 Å². The van der Waals surface area contributed by atoms with Gasteiger partial charge in [0.2, 0.25) is 0 Å². The molecule has 8 rings (SSSR count). The lowest BCUT2D eigenvalue weighted by molar-refractivity contribution is -0.141. The quantitative estimate of drug-likeness (QED) is 0.241. The third-order valence-corrected chi connectivity index (χ3v) is 9.99. The molecule has 47 heavy (non-hydrogen) atoms. The van der Waals surface area contributed by atoms with Crippen molar-refractivity contribution in [3.8, 4) is 17.3 Å². The number of nitrogens with two attached hydrogens (primary N) is 1. The Labute approximate surface area is 265 Å². The second-order valence-electron chi connectivity index (χ2n) is 12.0. The van der Waals surface area contributed by atoms with E-state index in [2.05, 4.69) is 24.9 Å². The van der Waals surface area contributed by atoms with Crippen LogP contribution in [0.15, 0.2) is 18.5 Å². The van der Waals surface area contributed by atoms with E-state index in [-0.39, 0.29) is 83.1 Å². The van der Waals surface area contributed by atoms with E-state index in [0.29, 0.717) is 19.0 Å². The maximum atomic E-state index is 16.5. The summed E-state index contributed by atoms with van der Waals surface area (Å²) in [5, 5.41) is 0.00342. The summed E-state index contributed by atoms with van der Waals surface area (Å²) >= 11 is 0.766. The monoisotopic (exact) mass is 679 g/mol. The van der Waals surface area contributed by atoms with Gasteiger partial charge in [0.15, 0.2) is 16.6 Å². The van der Waals surface area contributed by atoms with Crippen molar-refractivity contribution in [1.29, 1.82) is 0 Å². The van der Waals surface area contributed by atoms with Crippen LogP contribution in [0.4, 0.5) is 41.7 Å². The SMILES string of the molecule is Nc1nc2c(-c3ncc4c(N5CCn6cc(C(F)(F)F)nc6C5)nc(OC[C@@]56CCCN5C[C@H](F)C6)nc4c3F)c(F)cc(F)c2s1. The lowest BCUT2D eigenvalue weighted by Crippen LogP contribution is -2.43. The number of fused-ring (bicyclic) bond motifs is 4. The molecule has 0 spiro atoms. The molecule has 0 bridgehead atoms. The highest BCUT2D eigenvalue weighted by Crippen LogP contribution is 2.42. The Morgan fingerprint density at radius 3 is 2.68 bits per heavy atom. The first kappa shape index (κ1) is 30.0. The molecule has 5 aromatic rings. The average molecular weight is 680 g/mol. The zero-order chi connectivity index (χ0) is 32.8. The van der Waals surface area contributed by atoms with Crippen LogP contribution in [0.25, 0.3) is 32.4 Å². The van der Waals surface area contributed by atoms with Gasteiger partial charge >= 0.3 is 12.2 Å². The summed E-state index contributed by atoms with van der Waals surface area (Å²) in [7, 11) is 0. The molecule has 2 fully saturated rings. The number of nitrogen functional groups attached to an aromatic ring is 1. The standard InChI is InChI=1S/C29H24F7N9OS/c30-13-7-28(2-1-3-45(28)9-13)12-46-27-41-21-14(25(42-27)44-5-4-43-10-17(29(34,35)36)39-18(43)11-44)8-38-22(20(21)33)19-15(31)6-16(32)24-23(19)40-26(37)47-24/h6,8,10,13H,1-5,7,9,11-12H2,(H2,37,40)/t13-,28+/m1/s1. The van der Waals surface area contributed by atoms with Crippen molar-refractivity contribution in [2.24, 2.45) is 0 Å². The third kappa shape index (κ3) is 4.90. The number of benzene rings is 1. The van der Waals surface area contributed by atoms with Gasteiger partial charge in [-0.15, -0.1) is 0 Å². The second-order valence-corrected chi connectivity index (χ2v) is 13.0. The zero-order valence-corrected chi connectivity index (χ0v) is 25.1. The van der Waals surface area contributed by atoms with Crippen molar-refractivity contribution in [3.05, 3.63) is 47.4 Å². The zero-order valence-electron chi connectivity index (χ0n) is 24.3. The van der Waals surface area contributed by atoms with E-state index in [0.717, 1.165) is 24.0 Å². The molecule has 0 radical (unpaired) electrons. The summed E-state index contributed by atoms with van der Waals surface area (Å²) in [6.07, 6.45) is -1.74. The van der Waals surface area contributed by atoms with Crippen LogP contribution in [-0.4, -0.2) is 72.3 Å². The first-order valence-corrected chi connectivity index (χ1v) is 15.5. The first-order chi connectivity index (χ1) is 22.4. The van der Waals surface area contributed by atoms with Crippen LogP contribution >= 0.6 is 11.3 Å². The summed E-state index contributed by atoms with van der Waals surface area (Å²) in [6.45, 7) is 1.17. The minimum Gasteiger partial charge on any atom is -0.461 e. The Bertz CT molecular complexity index is 2070. The Balaban J connectivity index is 1.25. The van der Waals surface area contributed by atoms with Gasteiger partial charge in [-0.25, -0.2) is 27.5 Å². The van der Waals surface area contributed by atoms with Crippen molar-refractivity contribution in [2.75, 3.05) is 36.9 Å². The smallest absolute Gasteiger partial charge is 0.434 e. The second kappa shape index (κ2) is 10.6. The molecule has 0 aliphatic carbocycles. The highest BCUT2D eigenvalue weighted by atomic mass is 32.1. The summed E-state index contributed by atoms with van der Waals surface area (Å²) < 4.78 is 108. The lowest BCUT2D eigenvalue weighted by atomic mass is 9.95. The predicted molar refractivity (Wildman–Crippen MR) is 157 cm³/mol. The maximum absolute atomic E-state index is 16.5. The highest BCUT2D eigenvalue weighted by Gasteiger charge is 2.49. The topological polar surface area (TPSA) is 111 Å². The Hall–Kier alpha value is -4.32. The van der Waals surface area contributed by atoms with Crippen molar-refractivity contribution in [2.45, 2.75) is 50.2 Å². The number of thiazole rings is 1. The Morgan fingerprint density at radius 2 is 1.87 bits per heavy atom. The largest absolute Gasteiger partial charge is 0.461 e. The summed E-state index contributed by atoms with van der Waals surface area (Å²) in [4.78, 5) is 24.4. The molecule has 0 unspecified atom stereocenters. The number of imidazole rings is 1. The van der Waals surface area contributed by atoms with E-state index in [1.54, 1.807) is 4.90 Å². The molecule has 2 N–H and O–H groups in total. The van der Waals surface area contributed by atoms with Crippen LogP contribution in [-0.2, 0) is 19.3 Å². The Kier molecular flexibility index (Phi) is 6.77. The van der Waals surface area contributed by atoms with Gasteiger partial charge in [0.05, 0.1) is 33.2 Å². The molecule has 1 aromatic carbocycles. The summed E-state index contributed by atoms with van der Waals surface area (Å²) in [6, 6.07) is 0.331. The van der Waals surface area contributed by atoms with Gasteiger partial charge in [-0.05, 0) is 19.4 Å². The van der Waals surface area contributed by atoms with E-state index in [9.17, 15) is 22.0 Å². The normalized spacial score (nSPS) is 21.6. The molecule has 2 atom stereocenters. The van der Waals surface area contributed by atoms with Gasteiger partial charge < -0.3 is 19.9 Å². The number of hydrogen-bond donors (Lipinski definition) is 1. The number of pyridine rings is 1. The van der Waals surface area contributed by atoms with Gasteiger partial charge in [0.25, 0.3) is 0 Å². The van der Waals surface area contributed by atoms with Crippen molar-refractivity contribution < 1.29 is 35.5 Å². The third-order valence-electron chi connectivity index (χ3n) is 9.09. The molecular weight excluding hydrogens is 655 g/mol. The fraction of sp³-hybridized carbons (Fsp3) is 0.414. The molecule has 3 aliphatic heterocycles. The van der Waals surface area contributed by atoms with Crippen LogP contribution in [0.3, 0.4) is 0 Å². The number of halogens is 7. The van der Waals surface area contributed by atoms with Crippen LogP contribution in [0.5, 0.6) is 6.01 Å². The molecule has 0 amide bonds. The summed E-state index contributed by atoms with van der Waals surface area (Å²) in [5.74, 6) is -2.92. The van der Waals surface area contributed by atoms with Crippen LogP contribution in [0.1, 0.15) is 30.8 Å². The molecule has 0 saturated carbocycles. The predicted octanol–water partition coefficient (Wildman–Crippen LogP) is 5.49. The van der Waals surface area contributed by atoms with Crippen LogP contribution < -0.4 is 15.4 Å². The van der Waals surface area contributed by atoms with Gasteiger partial charge in [-0.2, -0.15) is 23.1 Å². The van der Waals surface area contributed by atoms with E-state index in [1.165, 1.54) is 10.8 Å². The van der Waals surface area contributed by atoms with E-state index in [1.807, 2.05) is 4.90 Å². The molecule has 10 nitrogen and oxygen atoms in total. The lowest BCUT2D eigenvalue weighted by Gasteiger charge is -2.31. The molecular formula is C29H24F7N9OS. The van der Waals surface area contributed by atoms with Gasteiger partial charge in [-0.3, -0.25) is 9.88 Å². The fourth-order valence-corrected chi connectivity index (χ4v) is 7.72. The van der Waals surface area contributed by atoms with E-state index >= 15 is 8.78 Å². The van der Waals surface area contributed by atoms with E-state index < -0.39 is 52.3 Å². The number of rotatable bonds is 5. The first-order valence-electron chi connectivity index (χ1n) is 14.7. The van der Waals surface area contributed by atoms with Gasteiger partial charge in [-0.1, -0.05) is 11.3 Å². The average Bonchev–Trinajstić information content (AvgIpc) is 3.78. The fourth-order valence-electron chi connectivity index (χ4n) is 6.97. The molecule has 246 valence electrons. The molecule has 4 aromatic heterocycles. The van der Waals surface area contributed by atoms with Gasteiger partial charge in [0.1, 0.15) is 47.3 Å². The Morgan fingerprint density at radius 1 is 1.04 bits per heavy atom. The molecule has 18 heteroatoms. The molecule has 3 aliphatic rings. The highest BCUT2D eigenvalue weighted by molar-refractivity contribution is 7.22. The number of hydrogen-bond acceptors (Lipinski definition) is 10. The van der Waals surface area contributed by atoms with Crippen molar-refractivity contribution >= 4 is 43.4 Å². The van der Waals surface area contributed by atoms with Crippen molar-refractivity contribution in [3.63, 3.8) is 0 Å². The minimum absolute atomic E-state index is 0.0165. The number of anilines is 2. The molecule has 7 heterocycles. The van der Waals surface area contributed by atoms with Crippen molar-refractivity contribution in [1.82, 2.24) is 34.4 Å². The number of ether oxygens (including phenoxy) is 1. The minimum atomic E-state index is -4.64. The number of aromatic nitrogens is 6. The summed E-state index contributed by atoms with van der Waals surface area (Å²) in [5.41, 5.74) is 2.66. The van der Waals surface area contributed by atoms with Crippen LogP contribution in [0.2, 0.25) is 0 Å². The number of nitrogens with zero attached hydrogens (tertiary/aromatic N) is 8.